The maximum Gasteiger partial charge on any atom is 0.218 e. The summed E-state index contributed by atoms with van der Waals surface area (Å²) in [6, 6.07) is 9.89. The van der Waals surface area contributed by atoms with Crippen LogP contribution in [0.5, 0.6) is 0 Å². The first kappa shape index (κ1) is 21.8. The molecule has 2 aliphatic heterocycles. The van der Waals surface area contributed by atoms with Crippen LogP contribution in [0.25, 0.3) is 0 Å². The second kappa shape index (κ2) is 9.37. The summed E-state index contributed by atoms with van der Waals surface area (Å²) in [5.41, 5.74) is 4.97. The molecule has 2 saturated heterocycles. The summed E-state index contributed by atoms with van der Waals surface area (Å²) in [4.78, 5) is 28.2. The molecule has 2 aromatic rings. The molecule has 1 atom stereocenters. The predicted molar refractivity (Wildman–Crippen MR) is 121 cm³/mol. The van der Waals surface area contributed by atoms with Gasteiger partial charge < -0.3 is 19.1 Å². The van der Waals surface area contributed by atoms with E-state index in [-0.39, 0.29) is 17.7 Å². The van der Waals surface area contributed by atoms with Gasteiger partial charge in [0.15, 0.2) is 5.78 Å². The van der Waals surface area contributed by atoms with Crippen LogP contribution in [0.3, 0.4) is 0 Å². The molecule has 1 aromatic carbocycles. The van der Waals surface area contributed by atoms with Crippen molar-refractivity contribution in [2.45, 2.75) is 46.3 Å². The smallest absolute Gasteiger partial charge is 0.218 e. The molecule has 3 heterocycles. The summed E-state index contributed by atoms with van der Waals surface area (Å²) in [6.07, 6.45) is 2.51. The molecule has 31 heavy (non-hydrogen) atoms. The van der Waals surface area contributed by atoms with E-state index in [4.69, 9.17) is 4.74 Å². The zero-order valence-electron chi connectivity index (χ0n) is 18.9. The van der Waals surface area contributed by atoms with Gasteiger partial charge in [-0.25, -0.2) is 0 Å². The van der Waals surface area contributed by atoms with Gasteiger partial charge in [-0.1, -0.05) is 0 Å². The Labute approximate surface area is 184 Å². The van der Waals surface area contributed by atoms with Crippen molar-refractivity contribution in [3.8, 4) is 0 Å². The van der Waals surface area contributed by atoms with E-state index in [9.17, 15) is 9.59 Å². The third-order valence-corrected chi connectivity index (χ3v) is 6.80. The number of nitrogens with zero attached hydrogens (tertiary/aromatic N) is 2. The van der Waals surface area contributed by atoms with Gasteiger partial charge in [0.1, 0.15) is 6.54 Å². The van der Waals surface area contributed by atoms with E-state index in [1.807, 2.05) is 24.3 Å². The number of piperazine rings is 1. The van der Waals surface area contributed by atoms with Crippen LogP contribution in [0, 0.1) is 13.8 Å². The molecule has 2 aliphatic rings. The first-order valence-electron chi connectivity index (χ1n) is 11.4. The summed E-state index contributed by atoms with van der Waals surface area (Å²) in [7, 11) is 0. The van der Waals surface area contributed by atoms with Gasteiger partial charge in [0.2, 0.25) is 5.78 Å². The fourth-order valence-corrected chi connectivity index (χ4v) is 4.84. The maximum absolute atomic E-state index is 13.1. The average molecular weight is 425 g/mol. The number of hydrogen-bond donors (Lipinski definition) is 1. The number of nitrogens with one attached hydrogen (secondary N) is 1. The Morgan fingerprint density at radius 3 is 2.45 bits per heavy atom. The molecule has 0 unspecified atom stereocenters. The summed E-state index contributed by atoms with van der Waals surface area (Å²) >= 11 is 0. The first-order valence-corrected chi connectivity index (χ1v) is 11.4. The van der Waals surface area contributed by atoms with E-state index in [1.165, 1.54) is 4.90 Å². The van der Waals surface area contributed by atoms with Crippen molar-refractivity contribution in [2.75, 3.05) is 44.2 Å². The molecule has 0 saturated carbocycles. The number of anilines is 1. The van der Waals surface area contributed by atoms with Gasteiger partial charge in [-0.15, -0.1) is 0 Å². The van der Waals surface area contributed by atoms with Crippen LogP contribution < -0.4 is 9.80 Å². The zero-order chi connectivity index (χ0) is 22.0. The Bertz CT molecular complexity index is 934. The lowest BCUT2D eigenvalue weighted by Crippen LogP contribution is -3.15. The highest BCUT2D eigenvalue weighted by molar-refractivity contribution is 5.98. The van der Waals surface area contributed by atoms with E-state index < -0.39 is 0 Å². The number of ketones is 2. The lowest BCUT2D eigenvalue weighted by Gasteiger charge is -2.33. The second-order valence-corrected chi connectivity index (χ2v) is 8.97. The van der Waals surface area contributed by atoms with E-state index >= 15 is 0 Å². The average Bonchev–Trinajstić information content (AvgIpc) is 3.38. The molecule has 0 amide bonds. The molecular formula is C25H34N3O3+. The number of hydrogen-bond acceptors (Lipinski definition) is 4. The molecule has 6 nitrogen and oxygen atoms in total. The molecule has 0 bridgehead atoms. The van der Waals surface area contributed by atoms with E-state index in [0.29, 0.717) is 6.54 Å². The zero-order valence-corrected chi connectivity index (χ0v) is 18.9. The Hall–Kier alpha value is -2.44. The highest BCUT2D eigenvalue weighted by atomic mass is 16.5. The molecular weight excluding hydrogens is 390 g/mol. The van der Waals surface area contributed by atoms with Crippen molar-refractivity contribution in [3.63, 3.8) is 0 Å². The van der Waals surface area contributed by atoms with Crippen LogP contribution in [-0.4, -0.2) is 61.6 Å². The monoisotopic (exact) mass is 424 g/mol. The molecule has 2 fully saturated rings. The largest absolute Gasteiger partial charge is 0.376 e. The van der Waals surface area contributed by atoms with Crippen LogP contribution >= 0.6 is 0 Å². The summed E-state index contributed by atoms with van der Waals surface area (Å²) < 4.78 is 8.04. The summed E-state index contributed by atoms with van der Waals surface area (Å²) in [6.45, 7) is 11.7. The number of Topliss-reactive ketones (excluding diaryl/α,β-unsaturated/α-hetero) is 2. The Balaban J connectivity index is 1.33. The van der Waals surface area contributed by atoms with E-state index in [0.717, 1.165) is 80.4 Å². The fourth-order valence-electron chi connectivity index (χ4n) is 4.84. The SMILES string of the molecule is CC(=O)c1ccc(N2CC[NH+](CC(=O)c3cc(C)n(C[C@H]4CCCO4)c3C)CC2)cc1. The van der Waals surface area contributed by atoms with Crippen LogP contribution in [0.1, 0.15) is 51.9 Å². The number of carbonyl (C=O) groups excluding carboxylic acids is 2. The van der Waals surface area contributed by atoms with Crippen molar-refractivity contribution < 1.29 is 19.2 Å². The number of quaternary nitrogens is 1. The Morgan fingerprint density at radius 1 is 1.13 bits per heavy atom. The van der Waals surface area contributed by atoms with Gasteiger partial charge in [-0.2, -0.15) is 0 Å². The Kier molecular flexibility index (Phi) is 6.58. The first-order chi connectivity index (χ1) is 14.9. The maximum atomic E-state index is 13.1. The van der Waals surface area contributed by atoms with E-state index in [1.54, 1.807) is 6.92 Å². The normalized spacial score (nSPS) is 19.7. The van der Waals surface area contributed by atoms with Crippen molar-refractivity contribution in [1.29, 1.82) is 0 Å². The highest BCUT2D eigenvalue weighted by Gasteiger charge is 2.26. The quantitative estimate of drug-likeness (QED) is 0.692. The number of ether oxygens (including phenoxy) is 1. The van der Waals surface area contributed by atoms with Crippen LogP contribution in [-0.2, 0) is 11.3 Å². The predicted octanol–water partition coefficient (Wildman–Crippen LogP) is 2.07. The Morgan fingerprint density at radius 2 is 1.84 bits per heavy atom. The van der Waals surface area contributed by atoms with Crippen LogP contribution in [0.2, 0.25) is 0 Å². The lowest BCUT2D eigenvalue weighted by atomic mass is 10.1. The molecule has 0 aliphatic carbocycles. The van der Waals surface area contributed by atoms with Gasteiger partial charge in [-0.05, 0) is 63.9 Å². The van der Waals surface area contributed by atoms with Gasteiger partial charge in [0.25, 0.3) is 0 Å². The van der Waals surface area contributed by atoms with Gasteiger partial charge in [-0.3, -0.25) is 9.59 Å². The van der Waals surface area contributed by atoms with Crippen molar-refractivity contribution in [1.82, 2.24) is 4.57 Å². The molecule has 0 spiro atoms. The van der Waals surface area contributed by atoms with Crippen molar-refractivity contribution in [2.24, 2.45) is 0 Å². The number of rotatable bonds is 7. The third-order valence-electron chi connectivity index (χ3n) is 6.80. The number of aryl methyl sites for hydroxylation is 1. The minimum Gasteiger partial charge on any atom is -0.376 e. The molecule has 1 aromatic heterocycles. The van der Waals surface area contributed by atoms with Gasteiger partial charge in [0.05, 0.1) is 32.3 Å². The second-order valence-electron chi connectivity index (χ2n) is 8.97. The molecule has 1 N–H and O–H groups in total. The van der Waals surface area contributed by atoms with Gasteiger partial charge >= 0.3 is 0 Å². The molecule has 0 radical (unpaired) electrons. The third kappa shape index (κ3) is 4.91. The number of aromatic nitrogens is 1. The van der Waals surface area contributed by atoms with E-state index in [2.05, 4.69) is 29.4 Å². The fraction of sp³-hybridized carbons (Fsp3) is 0.520. The minimum absolute atomic E-state index is 0.0921. The van der Waals surface area contributed by atoms with Crippen LogP contribution in [0.15, 0.2) is 30.3 Å². The van der Waals surface area contributed by atoms with Crippen molar-refractivity contribution in [3.05, 3.63) is 52.8 Å². The molecule has 166 valence electrons. The lowest BCUT2D eigenvalue weighted by molar-refractivity contribution is -0.892. The number of benzene rings is 1. The summed E-state index contributed by atoms with van der Waals surface area (Å²) in [5.74, 6) is 0.329. The van der Waals surface area contributed by atoms with Gasteiger partial charge in [0, 0.05) is 41.4 Å². The van der Waals surface area contributed by atoms with Crippen LogP contribution in [0.4, 0.5) is 5.69 Å². The standard InChI is InChI=1S/C25H33N3O3/c1-18-15-24(19(2)28(18)16-23-5-4-14-31-23)25(30)17-26-10-12-27(13-11-26)22-8-6-21(7-9-22)20(3)29/h6-9,15,23H,4-5,10-14,16-17H2,1-3H3/p+1/t23-/m1/s1. The summed E-state index contributed by atoms with van der Waals surface area (Å²) in [5, 5.41) is 0. The molecule has 6 heteroatoms. The number of carbonyl (C=O) groups is 2. The van der Waals surface area contributed by atoms with Crippen molar-refractivity contribution >= 4 is 17.3 Å². The molecule has 4 rings (SSSR count). The highest BCUT2D eigenvalue weighted by Crippen LogP contribution is 2.20. The minimum atomic E-state index is 0.0921. The topological polar surface area (TPSA) is 56.0 Å².